The van der Waals surface area contributed by atoms with Gasteiger partial charge < -0.3 is 5.73 Å². The van der Waals surface area contributed by atoms with E-state index in [1.54, 1.807) is 0 Å². The van der Waals surface area contributed by atoms with Crippen LogP contribution in [0.2, 0.25) is 0 Å². The van der Waals surface area contributed by atoms with Gasteiger partial charge in [-0.15, -0.1) is 0 Å². The lowest BCUT2D eigenvalue weighted by Gasteiger charge is -2.15. The summed E-state index contributed by atoms with van der Waals surface area (Å²) in [4.78, 5) is 4.49. The molecular formula is C17H22N2. The molecule has 1 unspecified atom stereocenters. The van der Waals surface area contributed by atoms with Crippen LogP contribution in [-0.4, -0.2) is 4.98 Å². The highest BCUT2D eigenvalue weighted by Gasteiger charge is 2.12. The van der Waals surface area contributed by atoms with Crippen molar-refractivity contribution in [1.29, 1.82) is 0 Å². The molecule has 0 aliphatic rings. The van der Waals surface area contributed by atoms with Gasteiger partial charge in [0, 0.05) is 6.20 Å². The Bertz CT molecular complexity index is 544. The Balaban J connectivity index is 2.25. The first-order valence-corrected chi connectivity index (χ1v) is 6.89. The highest BCUT2D eigenvalue weighted by molar-refractivity contribution is 5.34. The number of pyridine rings is 1. The topological polar surface area (TPSA) is 38.9 Å². The summed E-state index contributed by atoms with van der Waals surface area (Å²) in [7, 11) is 0. The van der Waals surface area contributed by atoms with Crippen molar-refractivity contribution in [2.45, 2.75) is 39.7 Å². The first-order valence-electron chi connectivity index (χ1n) is 6.89. The van der Waals surface area contributed by atoms with E-state index in [1.807, 2.05) is 6.20 Å². The molecule has 1 aromatic heterocycles. The predicted octanol–water partition coefficient (Wildman–Crippen LogP) is 3.70. The third-order valence-corrected chi connectivity index (χ3v) is 3.43. The quantitative estimate of drug-likeness (QED) is 0.903. The molecule has 0 saturated heterocycles. The standard InChI is InChI=1S/C17H22N2/c1-4-5-14-6-8-15(9-7-14)16(18)17-13(3)10-12(2)11-19-17/h6-11,16H,4-5,18H2,1-3H3. The normalized spacial score (nSPS) is 12.4. The van der Waals surface area contributed by atoms with Gasteiger partial charge in [0.15, 0.2) is 0 Å². The van der Waals surface area contributed by atoms with E-state index >= 15 is 0 Å². The van der Waals surface area contributed by atoms with Gasteiger partial charge >= 0.3 is 0 Å². The van der Waals surface area contributed by atoms with Gasteiger partial charge in [-0.05, 0) is 42.5 Å². The lowest BCUT2D eigenvalue weighted by molar-refractivity contribution is 0.813. The Kier molecular flexibility index (Phi) is 4.33. The fraction of sp³-hybridized carbons (Fsp3) is 0.353. The van der Waals surface area contributed by atoms with Crippen LogP contribution < -0.4 is 5.73 Å². The second-order valence-electron chi connectivity index (χ2n) is 5.18. The molecule has 2 heteroatoms. The number of aromatic nitrogens is 1. The zero-order valence-corrected chi connectivity index (χ0v) is 12.0. The summed E-state index contributed by atoms with van der Waals surface area (Å²) < 4.78 is 0. The molecule has 2 nitrogen and oxygen atoms in total. The van der Waals surface area contributed by atoms with Gasteiger partial charge in [0.2, 0.25) is 0 Å². The van der Waals surface area contributed by atoms with Gasteiger partial charge in [-0.25, -0.2) is 0 Å². The highest BCUT2D eigenvalue weighted by atomic mass is 14.8. The first kappa shape index (κ1) is 13.8. The van der Waals surface area contributed by atoms with Crippen molar-refractivity contribution in [2.75, 3.05) is 0 Å². The Morgan fingerprint density at radius 1 is 1.16 bits per heavy atom. The van der Waals surface area contributed by atoms with Crippen molar-refractivity contribution in [1.82, 2.24) is 4.98 Å². The minimum absolute atomic E-state index is 0.142. The molecule has 1 aromatic carbocycles. The largest absolute Gasteiger partial charge is 0.319 e. The highest BCUT2D eigenvalue weighted by Crippen LogP contribution is 2.21. The maximum atomic E-state index is 6.33. The lowest BCUT2D eigenvalue weighted by Crippen LogP contribution is -2.15. The number of nitrogens with two attached hydrogens (primary N) is 1. The van der Waals surface area contributed by atoms with E-state index in [-0.39, 0.29) is 6.04 Å². The van der Waals surface area contributed by atoms with Crippen LogP contribution >= 0.6 is 0 Å². The summed E-state index contributed by atoms with van der Waals surface area (Å²) >= 11 is 0. The summed E-state index contributed by atoms with van der Waals surface area (Å²) in [5.41, 5.74) is 12.1. The second-order valence-corrected chi connectivity index (χ2v) is 5.18. The van der Waals surface area contributed by atoms with E-state index in [9.17, 15) is 0 Å². The SMILES string of the molecule is CCCc1ccc(C(N)c2ncc(C)cc2C)cc1. The minimum atomic E-state index is -0.142. The van der Waals surface area contributed by atoms with E-state index in [4.69, 9.17) is 5.73 Å². The van der Waals surface area contributed by atoms with E-state index in [0.717, 1.165) is 23.2 Å². The first-order chi connectivity index (χ1) is 9.11. The Morgan fingerprint density at radius 2 is 1.84 bits per heavy atom. The molecule has 2 N–H and O–H groups in total. The van der Waals surface area contributed by atoms with Gasteiger partial charge in [0.25, 0.3) is 0 Å². The summed E-state index contributed by atoms with van der Waals surface area (Å²) in [5.74, 6) is 0. The maximum Gasteiger partial charge on any atom is 0.0729 e. The molecule has 1 heterocycles. The molecule has 100 valence electrons. The Labute approximate surface area is 115 Å². The summed E-state index contributed by atoms with van der Waals surface area (Å²) in [6, 6.07) is 10.6. The molecule has 0 spiro atoms. The fourth-order valence-corrected chi connectivity index (χ4v) is 2.39. The fourth-order valence-electron chi connectivity index (χ4n) is 2.39. The van der Waals surface area contributed by atoms with Gasteiger partial charge in [0.1, 0.15) is 0 Å². The van der Waals surface area contributed by atoms with Crippen molar-refractivity contribution in [3.05, 3.63) is 64.5 Å². The second kappa shape index (κ2) is 5.98. The molecule has 2 aromatic rings. The smallest absolute Gasteiger partial charge is 0.0729 e. The average Bonchev–Trinajstić information content (AvgIpc) is 2.39. The van der Waals surface area contributed by atoms with Gasteiger partial charge in [-0.1, -0.05) is 43.7 Å². The summed E-state index contributed by atoms with van der Waals surface area (Å²) in [5, 5.41) is 0. The molecule has 0 aliphatic heterocycles. The molecule has 0 bridgehead atoms. The average molecular weight is 254 g/mol. The Morgan fingerprint density at radius 3 is 2.42 bits per heavy atom. The molecule has 0 fully saturated rings. The minimum Gasteiger partial charge on any atom is -0.319 e. The van der Waals surface area contributed by atoms with Crippen LogP contribution in [0.5, 0.6) is 0 Å². The van der Waals surface area contributed by atoms with Crippen LogP contribution in [0.15, 0.2) is 36.5 Å². The zero-order chi connectivity index (χ0) is 13.8. The number of hydrogen-bond donors (Lipinski definition) is 1. The molecule has 0 amide bonds. The van der Waals surface area contributed by atoms with Crippen LogP contribution in [0.3, 0.4) is 0 Å². The predicted molar refractivity (Wildman–Crippen MR) is 80.2 cm³/mol. The van der Waals surface area contributed by atoms with Crippen molar-refractivity contribution < 1.29 is 0 Å². The van der Waals surface area contributed by atoms with Gasteiger partial charge in [-0.3, -0.25) is 4.98 Å². The zero-order valence-electron chi connectivity index (χ0n) is 12.0. The van der Waals surface area contributed by atoms with Gasteiger partial charge in [-0.2, -0.15) is 0 Å². The molecule has 1 atom stereocenters. The monoisotopic (exact) mass is 254 g/mol. The van der Waals surface area contributed by atoms with Gasteiger partial charge in [0.05, 0.1) is 11.7 Å². The van der Waals surface area contributed by atoms with Crippen LogP contribution in [0.4, 0.5) is 0 Å². The van der Waals surface area contributed by atoms with Crippen LogP contribution in [0.25, 0.3) is 0 Å². The third-order valence-electron chi connectivity index (χ3n) is 3.43. The van der Waals surface area contributed by atoms with Crippen LogP contribution in [0.1, 0.15) is 47.3 Å². The third kappa shape index (κ3) is 3.21. The maximum absolute atomic E-state index is 6.33. The number of rotatable bonds is 4. The summed E-state index contributed by atoms with van der Waals surface area (Å²) in [6.07, 6.45) is 4.18. The summed E-state index contributed by atoms with van der Waals surface area (Å²) in [6.45, 7) is 6.31. The Hall–Kier alpha value is -1.67. The lowest BCUT2D eigenvalue weighted by atomic mass is 9.98. The van der Waals surface area contributed by atoms with Crippen molar-refractivity contribution in [3.63, 3.8) is 0 Å². The van der Waals surface area contributed by atoms with Crippen LogP contribution in [-0.2, 0) is 6.42 Å². The molecule has 0 radical (unpaired) electrons. The number of benzene rings is 1. The number of aryl methyl sites for hydroxylation is 3. The van der Waals surface area contributed by atoms with Crippen molar-refractivity contribution >= 4 is 0 Å². The molecule has 2 rings (SSSR count). The molecule has 0 saturated carbocycles. The van der Waals surface area contributed by atoms with E-state index in [1.165, 1.54) is 17.5 Å². The molecular weight excluding hydrogens is 232 g/mol. The van der Waals surface area contributed by atoms with E-state index < -0.39 is 0 Å². The molecule has 0 aliphatic carbocycles. The van der Waals surface area contributed by atoms with Crippen molar-refractivity contribution in [2.24, 2.45) is 5.73 Å². The van der Waals surface area contributed by atoms with Crippen LogP contribution in [0, 0.1) is 13.8 Å². The number of hydrogen-bond acceptors (Lipinski definition) is 2. The number of nitrogens with zero attached hydrogens (tertiary/aromatic N) is 1. The van der Waals surface area contributed by atoms with Crippen molar-refractivity contribution in [3.8, 4) is 0 Å². The van der Waals surface area contributed by atoms with E-state index in [2.05, 4.69) is 56.1 Å². The van der Waals surface area contributed by atoms with E-state index in [0.29, 0.717) is 0 Å². The molecule has 19 heavy (non-hydrogen) atoms.